The second-order valence-corrected chi connectivity index (χ2v) is 3.15. The third-order valence-electron chi connectivity index (χ3n) is 2.00. The molecule has 0 aromatic heterocycles. The van der Waals surface area contributed by atoms with Crippen molar-refractivity contribution in [1.29, 1.82) is 0 Å². The molecule has 1 aliphatic heterocycles. The number of piperidine rings is 1. The van der Waals surface area contributed by atoms with Gasteiger partial charge in [0.25, 0.3) is 0 Å². The van der Waals surface area contributed by atoms with Gasteiger partial charge in [-0.15, -0.1) is 0 Å². The molecule has 1 unspecified atom stereocenters. The van der Waals surface area contributed by atoms with Crippen LogP contribution >= 0.6 is 0 Å². The van der Waals surface area contributed by atoms with Gasteiger partial charge in [0, 0.05) is 32.0 Å². The summed E-state index contributed by atoms with van der Waals surface area (Å²) in [4.78, 5) is 21.9. The molecular weight excluding hydrogens is 170 g/mol. The van der Waals surface area contributed by atoms with E-state index in [9.17, 15) is 9.59 Å². The number of hydrogen-bond acceptors (Lipinski definition) is 3. The van der Waals surface area contributed by atoms with E-state index in [-0.39, 0.29) is 17.9 Å². The molecule has 1 rings (SSSR count). The first-order valence-corrected chi connectivity index (χ1v) is 4.48. The van der Waals surface area contributed by atoms with Crippen molar-refractivity contribution in [2.24, 2.45) is 5.73 Å². The van der Waals surface area contributed by atoms with Crippen LogP contribution in [0.2, 0.25) is 0 Å². The summed E-state index contributed by atoms with van der Waals surface area (Å²) in [6.45, 7) is 0.903. The van der Waals surface area contributed by atoms with Gasteiger partial charge in [0.05, 0.1) is 0 Å². The molecule has 0 aliphatic carbocycles. The van der Waals surface area contributed by atoms with Gasteiger partial charge in [-0.1, -0.05) is 0 Å². The van der Waals surface area contributed by atoms with Gasteiger partial charge in [-0.05, 0) is 6.42 Å². The Balaban J connectivity index is 2.22. The smallest absolute Gasteiger partial charge is 0.221 e. The molecule has 0 radical (unpaired) electrons. The lowest BCUT2D eigenvalue weighted by Crippen LogP contribution is -2.48. The van der Waals surface area contributed by atoms with Crippen LogP contribution in [0.5, 0.6) is 0 Å². The molecule has 2 amide bonds. The molecule has 1 heterocycles. The van der Waals surface area contributed by atoms with Crippen LogP contribution in [-0.4, -0.2) is 30.9 Å². The zero-order valence-corrected chi connectivity index (χ0v) is 7.51. The average molecular weight is 185 g/mol. The van der Waals surface area contributed by atoms with Crippen molar-refractivity contribution in [3.63, 3.8) is 0 Å². The summed E-state index contributed by atoms with van der Waals surface area (Å²) in [5.41, 5.74) is 5.23. The lowest BCUT2D eigenvalue weighted by Gasteiger charge is -2.23. The Bertz CT molecular complexity index is 196. The van der Waals surface area contributed by atoms with Crippen molar-refractivity contribution in [3.05, 3.63) is 0 Å². The van der Waals surface area contributed by atoms with E-state index in [4.69, 9.17) is 5.73 Å². The summed E-state index contributed by atoms with van der Waals surface area (Å²) >= 11 is 0. The quantitative estimate of drug-likeness (QED) is 0.512. The molecule has 4 N–H and O–H groups in total. The van der Waals surface area contributed by atoms with Crippen LogP contribution in [0.25, 0.3) is 0 Å². The van der Waals surface area contributed by atoms with E-state index in [1.54, 1.807) is 0 Å². The van der Waals surface area contributed by atoms with Crippen molar-refractivity contribution in [2.75, 3.05) is 13.1 Å². The maximum Gasteiger partial charge on any atom is 0.221 e. The average Bonchev–Trinajstić information content (AvgIpc) is 2.09. The summed E-state index contributed by atoms with van der Waals surface area (Å²) in [7, 11) is 0. The topological polar surface area (TPSA) is 84.2 Å². The number of nitrogens with one attached hydrogen (secondary N) is 2. The van der Waals surface area contributed by atoms with Crippen molar-refractivity contribution in [2.45, 2.75) is 25.3 Å². The van der Waals surface area contributed by atoms with Gasteiger partial charge < -0.3 is 16.4 Å². The highest BCUT2D eigenvalue weighted by Gasteiger charge is 2.18. The molecule has 13 heavy (non-hydrogen) atoms. The molecule has 1 saturated heterocycles. The third kappa shape index (κ3) is 3.42. The highest BCUT2D eigenvalue weighted by molar-refractivity contribution is 5.79. The fourth-order valence-electron chi connectivity index (χ4n) is 1.29. The molecule has 1 fully saturated rings. The van der Waals surface area contributed by atoms with E-state index < -0.39 is 0 Å². The first-order chi connectivity index (χ1) is 6.22. The van der Waals surface area contributed by atoms with Crippen LogP contribution in [0.1, 0.15) is 19.3 Å². The zero-order valence-electron chi connectivity index (χ0n) is 7.51. The summed E-state index contributed by atoms with van der Waals surface area (Å²) in [5, 5.41) is 5.50. The molecule has 0 spiro atoms. The van der Waals surface area contributed by atoms with Gasteiger partial charge in [-0.2, -0.15) is 0 Å². The summed E-state index contributed by atoms with van der Waals surface area (Å²) in [6, 6.07) is 0.0803. The minimum Gasteiger partial charge on any atom is -0.354 e. The first kappa shape index (κ1) is 9.98. The molecule has 5 nitrogen and oxygen atoms in total. The number of rotatable bonds is 3. The second-order valence-electron chi connectivity index (χ2n) is 3.15. The number of nitrogens with two attached hydrogens (primary N) is 1. The van der Waals surface area contributed by atoms with Gasteiger partial charge in [0.1, 0.15) is 0 Å². The predicted octanol–water partition coefficient (Wildman–Crippen LogP) is -1.27. The predicted molar refractivity (Wildman–Crippen MR) is 47.8 cm³/mol. The SMILES string of the molecule is NCCC(=O)NC1CCC(=O)NC1. The monoisotopic (exact) mass is 185 g/mol. The maximum atomic E-state index is 11.1. The Morgan fingerprint density at radius 2 is 2.46 bits per heavy atom. The van der Waals surface area contributed by atoms with E-state index in [0.29, 0.717) is 25.9 Å². The first-order valence-electron chi connectivity index (χ1n) is 4.48. The largest absolute Gasteiger partial charge is 0.354 e. The summed E-state index contributed by atoms with van der Waals surface area (Å²) in [6.07, 6.45) is 1.57. The number of amides is 2. The molecular formula is C8H15N3O2. The van der Waals surface area contributed by atoms with Crippen LogP contribution in [0.4, 0.5) is 0 Å². The molecule has 0 aromatic rings. The molecule has 0 bridgehead atoms. The fraction of sp³-hybridized carbons (Fsp3) is 0.750. The van der Waals surface area contributed by atoms with E-state index in [0.717, 1.165) is 6.42 Å². The van der Waals surface area contributed by atoms with Crippen LogP contribution in [0, 0.1) is 0 Å². The van der Waals surface area contributed by atoms with Crippen molar-refractivity contribution in [1.82, 2.24) is 10.6 Å². The highest BCUT2D eigenvalue weighted by Crippen LogP contribution is 2.02. The van der Waals surface area contributed by atoms with E-state index in [1.165, 1.54) is 0 Å². The Morgan fingerprint density at radius 1 is 1.69 bits per heavy atom. The minimum atomic E-state index is -0.0383. The van der Waals surface area contributed by atoms with Crippen molar-refractivity contribution < 1.29 is 9.59 Å². The minimum absolute atomic E-state index is 0.0383. The zero-order chi connectivity index (χ0) is 9.68. The number of carbonyl (C=O) groups is 2. The Kier molecular flexibility index (Phi) is 3.70. The highest BCUT2D eigenvalue weighted by atomic mass is 16.2. The van der Waals surface area contributed by atoms with Crippen molar-refractivity contribution in [3.8, 4) is 0 Å². The normalized spacial score (nSPS) is 22.2. The van der Waals surface area contributed by atoms with Gasteiger partial charge in [0.2, 0.25) is 11.8 Å². The van der Waals surface area contributed by atoms with Crippen molar-refractivity contribution >= 4 is 11.8 Å². The molecule has 0 aromatic carbocycles. The standard InChI is InChI=1S/C8H15N3O2/c9-4-3-8(13)11-6-1-2-7(12)10-5-6/h6H,1-5,9H2,(H,10,12)(H,11,13). The lowest BCUT2D eigenvalue weighted by atomic mass is 10.1. The van der Waals surface area contributed by atoms with Gasteiger partial charge in [-0.3, -0.25) is 9.59 Å². The Hall–Kier alpha value is -1.10. The third-order valence-corrected chi connectivity index (χ3v) is 2.00. The van der Waals surface area contributed by atoms with Crippen LogP contribution < -0.4 is 16.4 Å². The molecule has 1 atom stereocenters. The van der Waals surface area contributed by atoms with Gasteiger partial charge in [-0.25, -0.2) is 0 Å². The molecule has 0 saturated carbocycles. The fourth-order valence-corrected chi connectivity index (χ4v) is 1.29. The Morgan fingerprint density at radius 3 is 3.00 bits per heavy atom. The molecule has 1 aliphatic rings. The van der Waals surface area contributed by atoms with E-state index >= 15 is 0 Å². The molecule has 74 valence electrons. The summed E-state index contributed by atoms with van der Waals surface area (Å²) < 4.78 is 0. The van der Waals surface area contributed by atoms with E-state index in [2.05, 4.69) is 10.6 Å². The Labute approximate surface area is 77.1 Å². The van der Waals surface area contributed by atoms with E-state index in [1.807, 2.05) is 0 Å². The number of hydrogen-bond donors (Lipinski definition) is 3. The van der Waals surface area contributed by atoms with Gasteiger partial charge >= 0.3 is 0 Å². The molecule has 5 heteroatoms. The summed E-state index contributed by atoms with van der Waals surface area (Å²) in [5.74, 6) is 0.0213. The van der Waals surface area contributed by atoms with Crippen LogP contribution in [0.15, 0.2) is 0 Å². The van der Waals surface area contributed by atoms with Gasteiger partial charge in [0.15, 0.2) is 0 Å². The number of carbonyl (C=O) groups excluding carboxylic acids is 2. The lowest BCUT2D eigenvalue weighted by molar-refractivity contribution is -0.125. The van der Waals surface area contributed by atoms with Crippen LogP contribution in [-0.2, 0) is 9.59 Å². The second kappa shape index (κ2) is 4.81. The van der Waals surface area contributed by atoms with Crippen LogP contribution in [0.3, 0.4) is 0 Å². The maximum absolute atomic E-state index is 11.1.